The Morgan fingerprint density at radius 2 is 1.14 bits per heavy atom. The van der Waals surface area contributed by atoms with Crippen molar-refractivity contribution in [3.8, 4) is 56.4 Å². The highest BCUT2D eigenvalue weighted by molar-refractivity contribution is 7.25. The van der Waals surface area contributed by atoms with Gasteiger partial charge in [-0.2, -0.15) is 0 Å². The topological polar surface area (TPSA) is 38.7 Å². The molecule has 7 aromatic carbocycles. The zero-order valence-electron chi connectivity index (χ0n) is 32.8. The summed E-state index contributed by atoms with van der Waals surface area (Å²) < 4.78 is 2.52. The number of hydrogen-bond donors (Lipinski definition) is 0. The van der Waals surface area contributed by atoms with E-state index in [9.17, 15) is 0 Å². The number of nitrogens with zero attached hydrogens (tertiary/aromatic N) is 3. The minimum atomic E-state index is -0.00581. The molecule has 1 atom stereocenters. The molecule has 0 N–H and O–H groups in total. The van der Waals surface area contributed by atoms with Crippen molar-refractivity contribution in [3.63, 3.8) is 0 Å². The van der Waals surface area contributed by atoms with E-state index in [1.54, 1.807) is 0 Å². The van der Waals surface area contributed by atoms with Gasteiger partial charge in [0.15, 0.2) is 17.5 Å². The fraction of sp³-hybridized carbons (Fsp3) is 0.151. The first-order valence-corrected chi connectivity index (χ1v) is 20.8. The van der Waals surface area contributed by atoms with Crippen LogP contribution in [0, 0.1) is 6.92 Å². The molecule has 0 fully saturated rings. The molecule has 0 radical (unpaired) electrons. The molecule has 0 saturated heterocycles. The number of aromatic nitrogens is 3. The van der Waals surface area contributed by atoms with Crippen molar-refractivity contribution in [1.82, 2.24) is 15.0 Å². The molecule has 0 aliphatic heterocycles. The third-order valence-corrected chi connectivity index (χ3v) is 13.4. The van der Waals surface area contributed by atoms with E-state index < -0.39 is 0 Å². The first kappa shape index (κ1) is 35.2. The van der Waals surface area contributed by atoms with Crippen molar-refractivity contribution >= 4 is 31.5 Å². The largest absolute Gasteiger partial charge is 0.208 e. The van der Waals surface area contributed by atoms with Crippen LogP contribution in [0.1, 0.15) is 60.9 Å². The summed E-state index contributed by atoms with van der Waals surface area (Å²) >= 11 is 1.81. The van der Waals surface area contributed by atoms with Crippen LogP contribution < -0.4 is 0 Å². The number of fused-ring (bicyclic) bond motifs is 6. The molecule has 2 heterocycles. The van der Waals surface area contributed by atoms with Gasteiger partial charge in [-0.1, -0.05) is 166 Å². The van der Waals surface area contributed by atoms with Crippen molar-refractivity contribution in [3.05, 3.63) is 186 Å². The molecule has 9 aromatic rings. The Morgan fingerprint density at radius 1 is 0.526 bits per heavy atom. The summed E-state index contributed by atoms with van der Waals surface area (Å²) in [6, 6.07) is 57.0. The first-order chi connectivity index (χ1) is 27.9. The Bertz CT molecular complexity index is 2960. The number of benzene rings is 7. The molecule has 0 bridgehead atoms. The summed E-state index contributed by atoms with van der Waals surface area (Å²) in [5, 5.41) is 2.55. The molecule has 1 aliphatic carbocycles. The molecule has 1 unspecified atom stereocenters. The highest BCUT2D eigenvalue weighted by atomic mass is 32.1. The zero-order valence-corrected chi connectivity index (χ0v) is 33.6. The monoisotopic (exact) mass is 753 g/mol. The average molecular weight is 754 g/mol. The maximum absolute atomic E-state index is 5.11. The van der Waals surface area contributed by atoms with Gasteiger partial charge in [0.05, 0.1) is 0 Å². The van der Waals surface area contributed by atoms with Gasteiger partial charge in [-0.05, 0) is 87.9 Å². The lowest BCUT2D eigenvalue weighted by Crippen LogP contribution is -2.15. The maximum Gasteiger partial charge on any atom is 0.164 e. The van der Waals surface area contributed by atoms with Crippen molar-refractivity contribution in [2.75, 3.05) is 0 Å². The van der Waals surface area contributed by atoms with Gasteiger partial charge in [0, 0.05) is 42.3 Å². The van der Waals surface area contributed by atoms with Crippen LogP contribution in [0.5, 0.6) is 0 Å². The molecule has 1 aliphatic rings. The molecule has 0 amide bonds. The lowest BCUT2D eigenvalue weighted by atomic mass is 9.80. The van der Waals surface area contributed by atoms with Crippen molar-refractivity contribution in [1.29, 1.82) is 0 Å². The highest BCUT2D eigenvalue weighted by Gasteiger charge is 2.36. The van der Waals surface area contributed by atoms with Crippen LogP contribution in [0.3, 0.4) is 0 Å². The quantitative estimate of drug-likeness (QED) is 0.155. The summed E-state index contributed by atoms with van der Waals surface area (Å²) in [5.41, 5.74) is 15.3. The van der Waals surface area contributed by atoms with Gasteiger partial charge < -0.3 is 0 Å². The third kappa shape index (κ3) is 6.07. The molecule has 0 saturated carbocycles. The second kappa shape index (κ2) is 14.1. The van der Waals surface area contributed by atoms with Crippen molar-refractivity contribution in [2.24, 2.45) is 0 Å². The van der Waals surface area contributed by atoms with Crippen LogP contribution in [0.4, 0.5) is 0 Å². The number of hydrogen-bond acceptors (Lipinski definition) is 4. The zero-order chi connectivity index (χ0) is 38.7. The van der Waals surface area contributed by atoms with Gasteiger partial charge in [-0.15, -0.1) is 11.3 Å². The van der Waals surface area contributed by atoms with E-state index in [1.165, 1.54) is 70.2 Å². The molecule has 2 aromatic heterocycles. The van der Waals surface area contributed by atoms with Gasteiger partial charge in [0.1, 0.15) is 0 Å². The first-order valence-electron chi connectivity index (χ1n) is 20.0. The molecule has 10 rings (SSSR count). The standard InChI is InChI=1S/C53H43N3S/c1-5-34(31-38-17-9-10-18-41(38)40-29-30-46-49(33(40)2)44-20-11-13-21-45(44)53(46,3)4)35-23-25-37(26-24-35)51-54-50(36-15-7-6-8-16-36)55-52(56-51)39-27-28-43-42-19-12-14-22-47(42)57-48(43)32-39/h6-30,32,34H,5,31H2,1-4H3. The fourth-order valence-electron chi connectivity index (χ4n) is 9.11. The van der Waals surface area contributed by atoms with Crippen molar-refractivity contribution < 1.29 is 0 Å². The predicted octanol–water partition coefficient (Wildman–Crippen LogP) is 14.3. The lowest BCUT2D eigenvalue weighted by Gasteiger charge is -2.23. The summed E-state index contributed by atoms with van der Waals surface area (Å²) in [5.74, 6) is 2.39. The Kier molecular flexibility index (Phi) is 8.68. The van der Waals surface area contributed by atoms with Crippen LogP contribution in [-0.2, 0) is 11.8 Å². The van der Waals surface area contributed by atoms with Gasteiger partial charge >= 0.3 is 0 Å². The fourth-order valence-corrected chi connectivity index (χ4v) is 10.3. The van der Waals surface area contributed by atoms with E-state index >= 15 is 0 Å². The predicted molar refractivity (Wildman–Crippen MR) is 240 cm³/mol. The minimum Gasteiger partial charge on any atom is -0.208 e. The van der Waals surface area contributed by atoms with E-state index in [4.69, 9.17) is 15.0 Å². The summed E-state index contributed by atoms with van der Waals surface area (Å²) in [6.07, 6.45) is 1.99. The molecule has 3 nitrogen and oxygen atoms in total. The van der Waals surface area contributed by atoms with E-state index in [2.05, 4.69) is 167 Å². The minimum absolute atomic E-state index is 0.00581. The van der Waals surface area contributed by atoms with Gasteiger partial charge in [0.2, 0.25) is 0 Å². The summed E-state index contributed by atoms with van der Waals surface area (Å²) in [7, 11) is 0. The smallest absolute Gasteiger partial charge is 0.164 e. The highest BCUT2D eigenvalue weighted by Crippen LogP contribution is 2.51. The Labute approximate surface area is 338 Å². The van der Waals surface area contributed by atoms with Crippen LogP contribution in [0.15, 0.2) is 158 Å². The van der Waals surface area contributed by atoms with Crippen LogP contribution in [0.25, 0.3) is 76.6 Å². The van der Waals surface area contributed by atoms with Crippen LogP contribution in [0.2, 0.25) is 0 Å². The second-order valence-electron chi connectivity index (χ2n) is 15.9. The summed E-state index contributed by atoms with van der Waals surface area (Å²) in [6.45, 7) is 9.34. The second-order valence-corrected chi connectivity index (χ2v) is 17.0. The molecule has 4 heteroatoms. The van der Waals surface area contributed by atoms with E-state index in [-0.39, 0.29) is 5.41 Å². The van der Waals surface area contributed by atoms with Gasteiger partial charge in [-0.25, -0.2) is 15.0 Å². The van der Waals surface area contributed by atoms with Gasteiger partial charge in [-0.3, -0.25) is 0 Å². The molecule has 57 heavy (non-hydrogen) atoms. The normalized spacial score (nSPS) is 13.5. The maximum atomic E-state index is 5.11. The molecule has 0 spiro atoms. The summed E-state index contributed by atoms with van der Waals surface area (Å²) in [4.78, 5) is 15.2. The van der Waals surface area contributed by atoms with E-state index in [0.717, 1.165) is 29.5 Å². The number of rotatable bonds is 8. The van der Waals surface area contributed by atoms with E-state index in [0.29, 0.717) is 23.4 Å². The SMILES string of the molecule is CCC(Cc1ccccc1-c1ccc2c(c1C)-c1ccccc1C2(C)C)c1ccc(-c2nc(-c3ccccc3)nc(-c3ccc4c(c3)sc3ccccc34)n2)cc1. The Hall–Kier alpha value is -6.23. The number of thiophene rings is 1. The van der Waals surface area contributed by atoms with E-state index in [1.807, 2.05) is 29.5 Å². The Balaban J connectivity index is 0.982. The third-order valence-electron chi connectivity index (χ3n) is 12.2. The lowest BCUT2D eigenvalue weighted by molar-refractivity contribution is 0.659. The van der Waals surface area contributed by atoms with Crippen molar-refractivity contribution in [2.45, 2.75) is 51.9 Å². The Morgan fingerprint density at radius 3 is 1.91 bits per heavy atom. The average Bonchev–Trinajstić information content (AvgIpc) is 3.75. The molecule has 276 valence electrons. The molecular formula is C53H43N3S. The van der Waals surface area contributed by atoms with Gasteiger partial charge in [0.25, 0.3) is 0 Å². The molecular weight excluding hydrogens is 711 g/mol. The van der Waals surface area contributed by atoms with Crippen LogP contribution in [-0.4, -0.2) is 15.0 Å². The van der Waals surface area contributed by atoms with Crippen LogP contribution >= 0.6 is 11.3 Å².